The zero-order valence-electron chi connectivity index (χ0n) is 17.6. The number of pyridine rings is 1. The van der Waals surface area contributed by atoms with E-state index >= 15 is 0 Å². The highest BCUT2D eigenvalue weighted by Gasteiger charge is 2.23. The third kappa shape index (κ3) is 4.51. The van der Waals surface area contributed by atoms with Gasteiger partial charge < -0.3 is 5.32 Å². The second-order valence-electron chi connectivity index (χ2n) is 7.23. The summed E-state index contributed by atoms with van der Waals surface area (Å²) in [6, 6.07) is 19.6. The number of rotatable bonds is 6. The van der Waals surface area contributed by atoms with E-state index < -0.39 is 0 Å². The van der Waals surface area contributed by atoms with E-state index in [9.17, 15) is 4.79 Å². The zero-order valence-corrected chi connectivity index (χ0v) is 18.4. The van der Waals surface area contributed by atoms with Crippen LogP contribution in [0.25, 0.3) is 17.1 Å². The van der Waals surface area contributed by atoms with Gasteiger partial charge in [-0.05, 0) is 56.2 Å². The third-order valence-corrected chi connectivity index (χ3v) is 6.01. The highest BCUT2D eigenvalue weighted by atomic mass is 32.2. The number of amides is 1. The van der Waals surface area contributed by atoms with Crippen LogP contribution in [-0.2, 0) is 4.79 Å². The van der Waals surface area contributed by atoms with Crippen LogP contribution >= 0.6 is 11.8 Å². The fourth-order valence-corrected chi connectivity index (χ4v) is 4.08. The molecule has 0 spiro atoms. The number of anilines is 1. The number of nitrogens with one attached hydrogen (secondary N) is 1. The lowest BCUT2D eigenvalue weighted by atomic mass is 10.2. The van der Waals surface area contributed by atoms with Crippen molar-refractivity contribution < 1.29 is 4.79 Å². The van der Waals surface area contributed by atoms with Crippen molar-refractivity contribution >= 4 is 23.4 Å². The van der Waals surface area contributed by atoms with E-state index in [1.165, 1.54) is 11.8 Å². The third-order valence-electron chi connectivity index (χ3n) is 4.96. The van der Waals surface area contributed by atoms with Crippen LogP contribution in [0.4, 0.5) is 5.69 Å². The Kier molecular flexibility index (Phi) is 6.13. The minimum atomic E-state index is -0.367. The van der Waals surface area contributed by atoms with Gasteiger partial charge in [-0.15, -0.1) is 10.2 Å². The van der Waals surface area contributed by atoms with Crippen LogP contribution in [0.3, 0.4) is 0 Å². The minimum Gasteiger partial charge on any atom is -0.325 e. The smallest absolute Gasteiger partial charge is 0.237 e. The molecule has 7 heteroatoms. The molecule has 2 aromatic carbocycles. The van der Waals surface area contributed by atoms with Crippen molar-refractivity contribution in [2.75, 3.05) is 5.32 Å². The molecule has 1 atom stereocenters. The monoisotopic (exact) mass is 429 g/mol. The van der Waals surface area contributed by atoms with Gasteiger partial charge in [-0.3, -0.25) is 14.3 Å². The lowest BCUT2D eigenvalue weighted by Gasteiger charge is -2.16. The van der Waals surface area contributed by atoms with Crippen molar-refractivity contribution in [3.05, 3.63) is 84.2 Å². The number of hydrogen-bond donors (Lipinski definition) is 1. The molecule has 6 nitrogen and oxygen atoms in total. The van der Waals surface area contributed by atoms with Gasteiger partial charge in [0.25, 0.3) is 0 Å². The first kappa shape index (κ1) is 20.8. The molecule has 1 N–H and O–H groups in total. The average Bonchev–Trinajstić information content (AvgIpc) is 3.19. The summed E-state index contributed by atoms with van der Waals surface area (Å²) in [7, 11) is 0. The fourth-order valence-electron chi connectivity index (χ4n) is 3.22. The Morgan fingerprint density at radius 3 is 2.42 bits per heavy atom. The Bertz CT molecular complexity index is 1210. The first-order chi connectivity index (χ1) is 15.0. The molecule has 1 amide bonds. The van der Waals surface area contributed by atoms with E-state index in [2.05, 4.69) is 20.5 Å². The van der Waals surface area contributed by atoms with E-state index in [4.69, 9.17) is 0 Å². The molecule has 0 fully saturated rings. The highest BCUT2D eigenvalue weighted by Crippen LogP contribution is 2.31. The number of carbonyl (C=O) groups is 1. The maximum atomic E-state index is 12.9. The van der Waals surface area contributed by atoms with Crippen LogP contribution in [0.15, 0.2) is 78.2 Å². The molecule has 0 unspecified atom stereocenters. The van der Waals surface area contributed by atoms with E-state index in [1.807, 2.05) is 86.0 Å². The molecule has 156 valence electrons. The van der Waals surface area contributed by atoms with Crippen molar-refractivity contribution in [3.63, 3.8) is 0 Å². The van der Waals surface area contributed by atoms with Crippen LogP contribution in [0.2, 0.25) is 0 Å². The number of nitrogens with zero attached hydrogens (tertiary/aromatic N) is 4. The summed E-state index contributed by atoms with van der Waals surface area (Å²) in [5.74, 6) is 0.609. The van der Waals surface area contributed by atoms with E-state index in [1.54, 1.807) is 12.4 Å². The predicted octanol–water partition coefficient (Wildman–Crippen LogP) is 5.07. The molecule has 0 radical (unpaired) electrons. The van der Waals surface area contributed by atoms with Gasteiger partial charge in [-0.25, -0.2) is 0 Å². The Morgan fingerprint density at radius 2 is 1.71 bits per heavy atom. The normalized spacial score (nSPS) is 11.8. The number of thioether (sulfide) groups is 1. The fraction of sp³-hybridized carbons (Fsp3) is 0.167. The number of aryl methyl sites for hydroxylation is 2. The number of para-hydroxylation sites is 2. The maximum Gasteiger partial charge on any atom is 0.237 e. The first-order valence-corrected chi connectivity index (χ1v) is 10.9. The van der Waals surface area contributed by atoms with Gasteiger partial charge in [0.1, 0.15) is 0 Å². The van der Waals surface area contributed by atoms with Gasteiger partial charge in [-0.2, -0.15) is 0 Å². The molecule has 0 aliphatic heterocycles. The number of carbonyl (C=O) groups excluding carboxylic acids is 1. The van der Waals surface area contributed by atoms with Crippen LogP contribution in [-0.4, -0.2) is 30.9 Å². The summed E-state index contributed by atoms with van der Waals surface area (Å²) >= 11 is 1.38. The maximum absolute atomic E-state index is 12.9. The Balaban J connectivity index is 1.67. The van der Waals surface area contributed by atoms with E-state index in [-0.39, 0.29) is 11.2 Å². The topological polar surface area (TPSA) is 72.7 Å². The standard InChI is InChI=1S/C24H23N5OS/c1-16-9-4-6-12-20(16)26-23(30)18(3)31-24-28-27-22(19-11-8-14-25-15-19)29(24)21-13-7-5-10-17(21)2/h4-15,18H,1-3H3,(H,26,30)/t18-/m1/s1. The molecule has 31 heavy (non-hydrogen) atoms. The van der Waals surface area contributed by atoms with Gasteiger partial charge in [0, 0.05) is 23.6 Å². The van der Waals surface area contributed by atoms with Crippen molar-refractivity contribution in [2.45, 2.75) is 31.2 Å². The summed E-state index contributed by atoms with van der Waals surface area (Å²) in [5, 5.41) is 12.2. The molecule has 4 aromatic rings. The summed E-state index contributed by atoms with van der Waals surface area (Å²) < 4.78 is 1.99. The van der Waals surface area contributed by atoms with Gasteiger partial charge in [-0.1, -0.05) is 48.2 Å². The van der Waals surface area contributed by atoms with Crippen molar-refractivity contribution in [1.29, 1.82) is 0 Å². The van der Waals surface area contributed by atoms with Crippen molar-refractivity contribution in [2.24, 2.45) is 0 Å². The average molecular weight is 430 g/mol. The Morgan fingerprint density at radius 1 is 0.968 bits per heavy atom. The van der Waals surface area contributed by atoms with Gasteiger partial charge in [0.15, 0.2) is 11.0 Å². The number of aromatic nitrogens is 4. The quantitative estimate of drug-likeness (QED) is 0.434. The van der Waals surface area contributed by atoms with Crippen LogP contribution < -0.4 is 5.32 Å². The van der Waals surface area contributed by atoms with Gasteiger partial charge >= 0.3 is 0 Å². The molecule has 0 aliphatic rings. The molecule has 0 saturated heterocycles. The zero-order chi connectivity index (χ0) is 21.8. The molecule has 0 saturated carbocycles. The van der Waals surface area contributed by atoms with E-state index in [0.717, 1.165) is 28.1 Å². The lowest BCUT2D eigenvalue weighted by molar-refractivity contribution is -0.115. The summed E-state index contributed by atoms with van der Waals surface area (Å²) in [6.45, 7) is 5.90. The van der Waals surface area contributed by atoms with Gasteiger partial charge in [0.05, 0.1) is 10.9 Å². The first-order valence-electron chi connectivity index (χ1n) is 9.99. The molecule has 0 bridgehead atoms. The Hall–Kier alpha value is -3.45. The number of hydrogen-bond acceptors (Lipinski definition) is 5. The van der Waals surface area contributed by atoms with Crippen LogP contribution in [0, 0.1) is 13.8 Å². The summed E-state index contributed by atoms with van der Waals surface area (Å²) in [4.78, 5) is 17.1. The predicted molar refractivity (Wildman–Crippen MR) is 124 cm³/mol. The van der Waals surface area contributed by atoms with Crippen LogP contribution in [0.1, 0.15) is 18.1 Å². The second kappa shape index (κ2) is 9.14. The van der Waals surface area contributed by atoms with Crippen molar-refractivity contribution in [1.82, 2.24) is 19.7 Å². The summed E-state index contributed by atoms with van der Waals surface area (Å²) in [5.41, 5.74) is 4.76. The minimum absolute atomic E-state index is 0.0819. The molecule has 2 aromatic heterocycles. The van der Waals surface area contributed by atoms with E-state index in [0.29, 0.717) is 11.0 Å². The lowest BCUT2D eigenvalue weighted by Crippen LogP contribution is -2.23. The van der Waals surface area contributed by atoms with Crippen LogP contribution in [0.5, 0.6) is 0 Å². The molecule has 0 aliphatic carbocycles. The molecule has 4 rings (SSSR count). The highest BCUT2D eigenvalue weighted by molar-refractivity contribution is 8.00. The summed E-state index contributed by atoms with van der Waals surface area (Å²) in [6.07, 6.45) is 3.49. The van der Waals surface area contributed by atoms with Crippen molar-refractivity contribution in [3.8, 4) is 17.1 Å². The molecular formula is C24H23N5OS. The largest absolute Gasteiger partial charge is 0.325 e. The number of benzene rings is 2. The molecule has 2 heterocycles. The van der Waals surface area contributed by atoms with Gasteiger partial charge in [0.2, 0.25) is 5.91 Å². The molecular weight excluding hydrogens is 406 g/mol. The second-order valence-corrected chi connectivity index (χ2v) is 8.54. The Labute approximate surface area is 185 Å². The SMILES string of the molecule is Cc1ccccc1NC(=O)[C@@H](C)Sc1nnc(-c2cccnc2)n1-c1ccccc1C.